The van der Waals surface area contributed by atoms with Gasteiger partial charge in [-0.1, -0.05) is 0 Å². The highest BCUT2D eigenvalue weighted by Crippen LogP contribution is 2.06. The molecule has 0 aromatic heterocycles. The first-order valence-electron chi connectivity index (χ1n) is 3.81. The molecule has 12 heavy (non-hydrogen) atoms. The molecule has 1 atom stereocenters. The van der Waals surface area contributed by atoms with Gasteiger partial charge in [-0.15, -0.1) is 0 Å². The van der Waals surface area contributed by atoms with Crippen molar-refractivity contribution in [3.8, 4) is 0 Å². The number of aliphatic imine (C=N–C) groups is 1. The Balaban J connectivity index is 2.55. The summed E-state index contributed by atoms with van der Waals surface area (Å²) in [7, 11) is 0. The van der Waals surface area contributed by atoms with Crippen LogP contribution in [0.15, 0.2) is 4.99 Å². The molecule has 1 rings (SSSR count). The molecular formula is C6H13N5O. The van der Waals surface area contributed by atoms with Gasteiger partial charge in [0.2, 0.25) is 11.9 Å². The second kappa shape index (κ2) is 3.91. The predicted octanol–water partition coefficient (Wildman–Crippen LogP) is -1.96. The van der Waals surface area contributed by atoms with E-state index in [1.54, 1.807) is 0 Å². The minimum absolute atomic E-state index is 0.0838. The fraction of sp³-hybridized carbons (Fsp3) is 0.667. The fourth-order valence-corrected chi connectivity index (χ4v) is 1.08. The Morgan fingerprint density at radius 1 is 1.75 bits per heavy atom. The van der Waals surface area contributed by atoms with Gasteiger partial charge in [-0.25, -0.2) is 10.8 Å². The van der Waals surface area contributed by atoms with E-state index in [4.69, 9.17) is 11.6 Å². The number of nitrogens with two attached hydrogens (primary N) is 2. The van der Waals surface area contributed by atoms with Gasteiger partial charge in [0.1, 0.15) is 6.04 Å². The summed E-state index contributed by atoms with van der Waals surface area (Å²) in [6.07, 6.45) is 1.66. The van der Waals surface area contributed by atoms with Crippen molar-refractivity contribution in [2.24, 2.45) is 16.6 Å². The van der Waals surface area contributed by atoms with Crippen molar-refractivity contribution in [2.45, 2.75) is 18.9 Å². The van der Waals surface area contributed by atoms with Crippen molar-refractivity contribution in [1.29, 1.82) is 0 Å². The number of guanidine groups is 1. The van der Waals surface area contributed by atoms with Gasteiger partial charge in [-0.3, -0.25) is 10.2 Å². The first kappa shape index (κ1) is 8.79. The Kier molecular flexibility index (Phi) is 2.87. The maximum atomic E-state index is 11.1. The van der Waals surface area contributed by atoms with E-state index in [1.807, 2.05) is 0 Å². The maximum absolute atomic E-state index is 11.1. The van der Waals surface area contributed by atoms with Gasteiger partial charge in [0.25, 0.3) is 0 Å². The molecule has 6 N–H and O–H groups in total. The van der Waals surface area contributed by atoms with E-state index in [2.05, 4.69) is 15.7 Å². The number of carbonyl (C=O) groups is 1. The van der Waals surface area contributed by atoms with E-state index in [9.17, 15) is 4.79 Å². The van der Waals surface area contributed by atoms with E-state index in [-0.39, 0.29) is 17.9 Å². The molecule has 6 nitrogen and oxygen atoms in total. The Bertz CT molecular complexity index is 202. The molecule has 0 aromatic carbocycles. The highest BCUT2D eigenvalue weighted by molar-refractivity contribution is 5.86. The van der Waals surface area contributed by atoms with Gasteiger partial charge >= 0.3 is 0 Å². The van der Waals surface area contributed by atoms with Crippen LogP contribution in [-0.2, 0) is 4.79 Å². The minimum atomic E-state index is -0.380. The summed E-state index contributed by atoms with van der Waals surface area (Å²) >= 11 is 0. The van der Waals surface area contributed by atoms with Gasteiger partial charge in [0.05, 0.1) is 0 Å². The van der Waals surface area contributed by atoms with Crippen molar-refractivity contribution in [2.75, 3.05) is 6.54 Å². The van der Waals surface area contributed by atoms with Crippen molar-refractivity contribution in [3.63, 3.8) is 0 Å². The summed E-state index contributed by atoms with van der Waals surface area (Å²) in [6.45, 7) is 0.723. The lowest BCUT2D eigenvalue weighted by Crippen LogP contribution is -2.43. The number of piperidine rings is 1. The lowest BCUT2D eigenvalue weighted by molar-refractivity contribution is -0.123. The van der Waals surface area contributed by atoms with Crippen LogP contribution < -0.4 is 22.3 Å². The number of hydrogen-bond donors (Lipinski definition) is 4. The standard InChI is InChI=1S/C6H13N5O/c7-6(11-8)10-4-2-1-3-9-5(4)12/h4H,1-3,8H2,(H,9,12)(H3,7,10,11). The van der Waals surface area contributed by atoms with Gasteiger partial charge in [-0.05, 0) is 12.8 Å². The number of hydrogen-bond acceptors (Lipinski definition) is 3. The van der Waals surface area contributed by atoms with Crippen LogP contribution >= 0.6 is 0 Å². The zero-order valence-corrected chi connectivity index (χ0v) is 6.71. The minimum Gasteiger partial charge on any atom is -0.369 e. The Morgan fingerprint density at radius 3 is 3.08 bits per heavy atom. The molecule has 0 saturated carbocycles. The number of amides is 1. The van der Waals surface area contributed by atoms with E-state index in [0.29, 0.717) is 0 Å². The largest absolute Gasteiger partial charge is 0.369 e. The number of nitrogens with zero attached hydrogens (tertiary/aromatic N) is 1. The van der Waals surface area contributed by atoms with Crippen LogP contribution in [-0.4, -0.2) is 24.5 Å². The van der Waals surface area contributed by atoms with Crippen LogP contribution in [0.4, 0.5) is 0 Å². The second-order valence-corrected chi connectivity index (χ2v) is 2.61. The maximum Gasteiger partial charge on any atom is 0.244 e. The van der Waals surface area contributed by atoms with Crippen molar-refractivity contribution in [3.05, 3.63) is 0 Å². The highest BCUT2D eigenvalue weighted by Gasteiger charge is 2.20. The molecule has 1 aliphatic heterocycles. The van der Waals surface area contributed by atoms with Crippen LogP contribution in [0.2, 0.25) is 0 Å². The zero-order chi connectivity index (χ0) is 8.97. The molecule has 1 saturated heterocycles. The first-order valence-corrected chi connectivity index (χ1v) is 3.81. The van der Waals surface area contributed by atoms with Crippen LogP contribution in [0, 0.1) is 0 Å². The molecule has 0 spiro atoms. The summed E-state index contributed by atoms with van der Waals surface area (Å²) in [5.41, 5.74) is 7.48. The van der Waals surface area contributed by atoms with Crippen LogP contribution in [0.1, 0.15) is 12.8 Å². The lowest BCUT2D eigenvalue weighted by atomic mass is 10.1. The summed E-state index contributed by atoms with van der Waals surface area (Å²) < 4.78 is 0. The monoisotopic (exact) mass is 171 g/mol. The first-order chi connectivity index (χ1) is 5.74. The third kappa shape index (κ3) is 2.09. The van der Waals surface area contributed by atoms with E-state index < -0.39 is 0 Å². The van der Waals surface area contributed by atoms with Crippen LogP contribution in [0.25, 0.3) is 0 Å². The lowest BCUT2D eigenvalue weighted by Gasteiger charge is -2.18. The highest BCUT2D eigenvalue weighted by atomic mass is 16.2. The molecule has 1 fully saturated rings. The third-order valence-electron chi connectivity index (χ3n) is 1.70. The number of hydrazine groups is 1. The number of nitrogens with one attached hydrogen (secondary N) is 2. The van der Waals surface area contributed by atoms with Crippen molar-refractivity contribution < 1.29 is 4.79 Å². The number of rotatable bonds is 1. The van der Waals surface area contributed by atoms with Crippen LogP contribution in [0.3, 0.4) is 0 Å². The second-order valence-electron chi connectivity index (χ2n) is 2.61. The third-order valence-corrected chi connectivity index (χ3v) is 1.70. The van der Waals surface area contributed by atoms with Crippen LogP contribution in [0.5, 0.6) is 0 Å². The van der Waals surface area contributed by atoms with Crippen molar-refractivity contribution >= 4 is 11.9 Å². The summed E-state index contributed by atoms with van der Waals surface area (Å²) in [5.74, 6) is 5.01. The van der Waals surface area contributed by atoms with E-state index in [0.717, 1.165) is 19.4 Å². The Morgan fingerprint density at radius 2 is 2.50 bits per heavy atom. The molecule has 1 aliphatic rings. The molecule has 0 bridgehead atoms. The topological polar surface area (TPSA) is 106 Å². The SMILES string of the molecule is NNC(N)=NC1CCCNC1=O. The van der Waals surface area contributed by atoms with Gasteiger partial charge in [-0.2, -0.15) is 0 Å². The van der Waals surface area contributed by atoms with Gasteiger partial charge in [0, 0.05) is 6.54 Å². The van der Waals surface area contributed by atoms with E-state index >= 15 is 0 Å². The van der Waals surface area contributed by atoms with Gasteiger partial charge < -0.3 is 11.1 Å². The predicted molar refractivity (Wildman–Crippen MR) is 45.0 cm³/mol. The molecule has 0 radical (unpaired) electrons. The summed E-state index contributed by atoms with van der Waals surface area (Å²) in [6, 6.07) is -0.380. The molecular weight excluding hydrogens is 158 g/mol. The van der Waals surface area contributed by atoms with E-state index in [1.165, 1.54) is 0 Å². The smallest absolute Gasteiger partial charge is 0.244 e. The number of carbonyl (C=O) groups excluding carboxylic acids is 1. The summed E-state index contributed by atoms with van der Waals surface area (Å²) in [4.78, 5) is 15.0. The molecule has 0 aliphatic carbocycles. The Labute approximate surface area is 70.4 Å². The molecule has 0 aromatic rings. The van der Waals surface area contributed by atoms with Crippen molar-refractivity contribution in [1.82, 2.24) is 10.7 Å². The fourth-order valence-electron chi connectivity index (χ4n) is 1.08. The zero-order valence-electron chi connectivity index (χ0n) is 6.71. The molecule has 6 heteroatoms. The molecule has 68 valence electrons. The average molecular weight is 171 g/mol. The average Bonchev–Trinajstić information content (AvgIpc) is 2.09. The summed E-state index contributed by atoms with van der Waals surface area (Å²) in [5, 5.41) is 2.69. The Hall–Kier alpha value is -1.30. The molecule has 1 amide bonds. The normalized spacial score (nSPS) is 24.9. The molecule has 1 unspecified atom stereocenters. The quantitative estimate of drug-likeness (QED) is 0.159. The molecule has 1 heterocycles. The van der Waals surface area contributed by atoms with Gasteiger partial charge in [0.15, 0.2) is 0 Å².